The molecule has 9 nitrogen and oxygen atoms in total. The second kappa shape index (κ2) is 14.2. The van der Waals surface area contributed by atoms with Crippen molar-refractivity contribution in [3.8, 4) is 0 Å². The molecule has 0 aliphatic carbocycles. The van der Waals surface area contributed by atoms with Crippen LogP contribution < -0.4 is 5.48 Å². The van der Waals surface area contributed by atoms with Crippen molar-refractivity contribution in [2.45, 2.75) is 36.0 Å². The average Bonchev–Trinajstić information content (AvgIpc) is 3.46. The van der Waals surface area contributed by atoms with E-state index in [2.05, 4.69) is 41.9 Å². The van der Waals surface area contributed by atoms with Crippen molar-refractivity contribution in [2.24, 2.45) is 0 Å². The Morgan fingerprint density at radius 1 is 0.886 bits per heavy atom. The summed E-state index contributed by atoms with van der Waals surface area (Å²) >= 11 is 1.79. The molecule has 10 heteroatoms. The first-order valence-electron chi connectivity index (χ1n) is 14.3. The molecule has 0 aromatic heterocycles. The molecule has 44 heavy (non-hydrogen) atoms. The van der Waals surface area contributed by atoms with Crippen molar-refractivity contribution < 1.29 is 24.1 Å². The molecular formula is C34H33N3O6S. The molecule has 2 atom stereocenters. The van der Waals surface area contributed by atoms with Crippen LogP contribution in [0.25, 0.3) is 0 Å². The normalized spacial score (nSPS) is 16.3. The highest BCUT2D eigenvalue weighted by Gasteiger charge is 2.44. The molecule has 0 bridgehead atoms. The van der Waals surface area contributed by atoms with Gasteiger partial charge in [0.05, 0.1) is 22.3 Å². The van der Waals surface area contributed by atoms with Crippen LogP contribution in [0.4, 0.5) is 10.5 Å². The van der Waals surface area contributed by atoms with Crippen molar-refractivity contribution in [3.05, 3.63) is 148 Å². The second-order valence-electron chi connectivity index (χ2n) is 10.5. The number of likely N-dealkylation sites (tertiary alicyclic amines) is 1. The van der Waals surface area contributed by atoms with Gasteiger partial charge >= 0.3 is 6.09 Å². The van der Waals surface area contributed by atoms with Gasteiger partial charge in [0.25, 0.3) is 5.69 Å². The number of amides is 2. The van der Waals surface area contributed by atoms with Crippen LogP contribution in [0.3, 0.4) is 0 Å². The fourth-order valence-corrected chi connectivity index (χ4v) is 7.36. The summed E-state index contributed by atoms with van der Waals surface area (Å²) in [5, 5.41) is 11.0. The van der Waals surface area contributed by atoms with Crippen LogP contribution in [0.2, 0.25) is 0 Å². The van der Waals surface area contributed by atoms with Gasteiger partial charge in [-0.15, -0.1) is 11.8 Å². The monoisotopic (exact) mass is 611 g/mol. The van der Waals surface area contributed by atoms with E-state index in [9.17, 15) is 19.7 Å². The topological polar surface area (TPSA) is 111 Å². The van der Waals surface area contributed by atoms with Crippen LogP contribution in [0.15, 0.2) is 115 Å². The van der Waals surface area contributed by atoms with E-state index in [1.165, 1.54) is 19.1 Å². The summed E-state index contributed by atoms with van der Waals surface area (Å²) in [7, 11) is 0. The van der Waals surface area contributed by atoms with E-state index in [-0.39, 0.29) is 36.1 Å². The number of non-ortho nitro benzene ring substituents is 1. The van der Waals surface area contributed by atoms with E-state index in [4.69, 9.17) is 9.57 Å². The summed E-state index contributed by atoms with van der Waals surface area (Å²) in [6, 6.07) is 36.6. The number of hydrogen-bond donors (Lipinski definition) is 1. The Hall–Kier alpha value is -4.67. The molecule has 1 aliphatic rings. The Kier molecular flexibility index (Phi) is 9.93. The number of rotatable bonds is 11. The third-order valence-electron chi connectivity index (χ3n) is 7.50. The summed E-state index contributed by atoms with van der Waals surface area (Å²) < 4.78 is 5.09. The third-order valence-corrected chi connectivity index (χ3v) is 9.23. The van der Waals surface area contributed by atoms with E-state index in [1.807, 2.05) is 54.6 Å². The number of ether oxygens (including phenoxy) is 1. The Labute approximate surface area is 260 Å². The maximum absolute atomic E-state index is 13.5. The lowest BCUT2D eigenvalue weighted by Crippen LogP contribution is -2.40. The van der Waals surface area contributed by atoms with Gasteiger partial charge in [0.15, 0.2) is 0 Å². The van der Waals surface area contributed by atoms with E-state index >= 15 is 0 Å². The van der Waals surface area contributed by atoms with Gasteiger partial charge in [-0.1, -0.05) is 91.0 Å². The Balaban J connectivity index is 1.43. The van der Waals surface area contributed by atoms with Crippen LogP contribution >= 0.6 is 11.8 Å². The van der Waals surface area contributed by atoms with Crippen LogP contribution in [0.1, 0.15) is 35.6 Å². The van der Waals surface area contributed by atoms with E-state index < -0.39 is 15.8 Å². The summed E-state index contributed by atoms with van der Waals surface area (Å²) in [6.45, 7) is 1.81. The summed E-state index contributed by atoms with van der Waals surface area (Å²) in [6.07, 6.45) is 0.0816. The number of carbonyl (C=O) groups excluding carboxylic acids is 2. The maximum atomic E-state index is 13.5. The molecular weight excluding hydrogens is 578 g/mol. The highest BCUT2D eigenvalue weighted by Crippen LogP contribution is 2.52. The molecule has 0 spiro atoms. The van der Waals surface area contributed by atoms with Gasteiger partial charge < -0.3 is 9.64 Å². The number of carbonyl (C=O) groups is 2. The zero-order valence-corrected chi connectivity index (χ0v) is 25.0. The number of nitro groups is 1. The molecule has 4 aromatic carbocycles. The first-order valence-corrected chi connectivity index (χ1v) is 15.1. The van der Waals surface area contributed by atoms with Crippen molar-refractivity contribution in [2.75, 3.05) is 13.2 Å². The number of thioether (sulfide) groups is 1. The number of nitrogens with zero attached hydrogens (tertiary/aromatic N) is 2. The van der Waals surface area contributed by atoms with Gasteiger partial charge in [0.1, 0.15) is 6.61 Å². The van der Waals surface area contributed by atoms with E-state index in [1.54, 1.807) is 28.8 Å². The maximum Gasteiger partial charge on any atom is 0.410 e. The molecule has 0 unspecified atom stereocenters. The second-order valence-corrected chi connectivity index (χ2v) is 12.0. The summed E-state index contributed by atoms with van der Waals surface area (Å²) in [5.74, 6) is -0.336. The quantitative estimate of drug-likeness (QED) is 0.118. The zero-order chi connectivity index (χ0) is 30.9. The minimum Gasteiger partial charge on any atom is -0.445 e. The highest BCUT2D eigenvalue weighted by molar-refractivity contribution is 8.01. The summed E-state index contributed by atoms with van der Waals surface area (Å²) in [5.41, 5.74) is 6.32. The fourth-order valence-electron chi connectivity index (χ4n) is 5.49. The molecule has 226 valence electrons. The molecule has 1 fully saturated rings. The third kappa shape index (κ3) is 7.10. The van der Waals surface area contributed by atoms with E-state index in [0.29, 0.717) is 18.5 Å². The lowest BCUT2D eigenvalue weighted by atomic mass is 9.84. The smallest absolute Gasteiger partial charge is 0.410 e. The van der Waals surface area contributed by atoms with Gasteiger partial charge in [-0.25, -0.2) is 10.3 Å². The Morgan fingerprint density at radius 3 is 1.89 bits per heavy atom. The number of nitro benzene ring substituents is 1. The van der Waals surface area contributed by atoms with Gasteiger partial charge in [-0.3, -0.25) is 19.7 Å². The van der Waals surface area contributed by atoms with Crippen LogP contribution in [-0.4, -0.2) is 46.3 Å². The standard InChI is InChI=1S/C34H33N3O6S/c1-25(38)35-43-24-31-21-32(22-36(31)33(39)42-23-26-17-19-30(20-18-26)37(40)41)44-34(27-11-5-2-6-12-27,28-13-7-3-8-14-28)29-15-9-4-10-16-29/h2-20,31-32H,21-24H2,1H3,(H,35,38)/t31-,32-/m0/s1. The minimum absolute atomic E-state index is 0.0199. The Morgan fingerprint density at radius 2 is 1.41 bits per heavy atom. The van der Waals surface area contributed by atoms with Crippen LogP contribution in [0.5, 0.6) is 0 Å². The fraction of sp³-hybridized carbons (Fsp3) is 0.235. The lowest BCUT2D eigenvalue weighted by Gasteiger charge is -2.37. The predicted molar refractivity (Wildman–Crippen MR) is 169 cm³/mol. The van der Waals surface area contributed by atoms with E-state index in [0.717, 1.165) is 16.7 Å². The molecule has 1 N–H and O–H groups in total. The first-order chi connectivity index (χ1) is 21.4. The molecule has 4 aromatic rings. The summed E-state index contributed by atoms with van der Waals surface area (Å²) in [4.78, 5) is 42.6. The average molecular weight is 612 g/mol. The van der Waals surface area contributed by atoms with Gasteiger partial charge in [0.2, 0.25) is 5.91 Å². The van der Waals surface area contributed by atoms with Crippen LogP contribution in [-0.2, 0) is 25.7 Å². The Bertz CT molecular complexity index is 1460. The molecule has 2 amide bonds. The van der Waals surface area contributed by atoms with Crippen molar-refractivity contribution in [1.82, 2.24) is 10.4 Å². The van der Waals surface area contributed by atoms with Crippen molar-refractivity contribution in [3.63, 3.8) is 0 Å². The zero-order valence-electron chi connectivity index (χ0n) is 24.2. The number of hydrogen-bond acceptors (Lipinski definition) is 7. The van der Waals surface area contributed by atoms with Gasteiger partial charge in [0, 0.05) is 30.9 Å². The molecule has 5 rings (SSSR count). The van der Waals surface area contributed by atoms with Gasteiger partial charge in [-0.2, -0.15) is 0 Å². The van der Waals surface area contributed by atoms with Crippen molar-refractivity contribution >= 4 is 29.4 Å². The van der Waals surface area contributed by atoms with Crippen LogP contribution in [0, 0.1) is 10.1 Å². The van der Waals surface area contributed by atoms with Gasteiger partial charge in [-0.05, 0) is 40.8 Å². The minimum atomic E-state index is -0.573. The molecule has 0 saturated carbocycles. The first kappa shape index (κ1) is 30.8. The highest BCUT2D eigenvalue weighted by atomic mass is 32.2. The molecule has 1 heterocycles. The molecule has 1 saturated heterocycles. The number of benzene rings is 4. The lowest BCUT2D eigenvalue weighted by molar-refractivity contribution is -0.384. The predicted octanol–water partition coefficient (Wildman–Crippen LogP) is 6.47. The SMILES string of the molecule is CC(=O)NOC[C@@H]1C[C@H](SC(c2ccccc2)(c2ccccc2)c2ccccc2)CN1C(=O)OCc1ccc([N+](=O)[O-])cc1. The number of nitrogens with one attached hydrogen (secondary N) is 1. The molecule has 0 radical (unpaired) electrons. The molecule has 1 aliphatic heterocycles. The van der Waals surface area contributed by atoms with Crippen molar-refractivity contribution in [1.29, 1.82) is 0 Å². The largest absolute Gasteiger partial charge is 0.445 e. The number of hydroxylamine groups is 1.